The van der Waals surface area contributed by atoms with Crippen molar-refractivity contribution in [1.29, 1.82) is 0 Å². The minimum atomic E-state index is -0.00962. The zero-order chi connectivity index (χ0) is 14.3. The molecule has 0 amide bonds. The van der Waals surface area contributed by atoms with Gasteiger partial charge in [0.2, 0.25) is 0 Å². The van der Waals surface area contributed by atoms with Crippen molar-refractivity contribution in [1.82, 2.24) is 0 Å². The summed E-state index contributed by atoms with van der Waals surface area (Å²) in [4.78, 5) is 0. The lowest BCUT2D eigenvalue weighted by atomic mass is 9.89. The summed E-state index contributed by atoms with van der Waals surface area (Å²) in [6.45, 7) is 14.0. The maximum atomic E-state index is 5.55. The average molecular weight is 244 g/mol. The minimum Gasteiger partial charge on any atom is -0.496 e. The normalized spacial score (nSPS) is 10.7. The lowest BCUT2D eigenvalue weighted by Gasteiger charge is -2.16. The number of benzene rings is 1. The Balaban J connectivity index is 0.00000137. The van der Waals surface area contributed by atoms with Crippen molar-refractivity contribution in [3.63, 3.8) is 0 Å². The molecule has 0 saturated heterocycles. The van der Waals surface area contributed by atoms with Crippen molar-refractivity contribution in [2.75, 3.05) is 7.11 Å². The van der Waals surface area contributed by atoms with Gasteiger partial charge in [0.05, 0.1) is 13.0 Å². The van der Waals surface area contributed by atoms with Gasteiger partial charge in [-0.3, -0.25) is 0 Å². The van der Waals surface area contributed by atoms with E-state index in [-0.39, 0.29) is 5.92 Å². The molecule has 1 aromatic carbocycles. The molecule has 0 heterocycles. The number of allylic oxidation sites excluding steroid dienone is 1. The van der Waals surface area contributed by atoms with Crippen molar-refractivity contribution in [3.8, 4) is 18.1 Å². The van der Waals surface area contributed by atoms with Crippen LogP contribution in [0.1, 0.15) is 43.4 Å². The molecule has 1 nitrogen and oxygen atoms in total. The van der Waals surface area contributed by atoms with Crippen LogP contribution in [0.5, 0.6) is 5.75 Å². The fourth-order valence-electron chi connectivity index (χ4n) is 1.84. The molecular weight excluding hydrogens is 220 g/mol. The summed E-state index contributed by atoms with van der Waals surface area (Å²) >= 11 is 0. The van der Waals surface area contributed by atoms with Gasteiger partial charge in [-0.15, -0.1) is 6.42 Å². The standard InChI is InChI=1S/C15H18O.C2H6/c1-7-13(10(2)3)14-8-12(5)15(16-6)9-11(14)4;1-2/h1,8-9,13H,2H2,3-6H3;1-2H3. The first-order valence-corrected chi connectivity index (χ1v) is 6.28. The van der Waals surface area contributed by atoms with Gasteiger partial charge in [0.1, 0.15) is 5.75 Å². The molecule has 1 unspecified atom stereocenters. The van der Waals surface area contributed by atoms with Crippen LogP contribution < -0.4 is 4.74 Å². The van der Waals surface area contributed by atoms with Gasteiger partial charge in [0, 0.05) is 0 Å². The van der Waals surface area contributed by atoms with Gasteiger partial charge in [0.15, 0.2) is 0 Å². The number of terminal acetylenes is 1. The Morgan fingerprint density at radius 1 is 1.28 bits per heavy atom. The molecule has 0 N–H and O–H groups in total. The summed E-state index contributed by atoms with van der Waals surface area (Å²) in [5, 5.41) is 0. The van der Waals surface area contributed by atoms with Crippen LogP contribution in [-0.4, -0.2) is 7.11 Å². The van der Waals surface area contributed by atoms with Gasteiger partial charge in [-0.2, -0.15) is 0 Å². The molecule has 0 spiro atoms. The van der Waals surface area contributed by atoms with Crippen molar-refractivity contribution in [2.24, 2.45) is 0 Å². The zero-order valence-electron chi connectivity index (χ0n) is 12.4. The van der Waals surface area contributed by atoms with Crippen molar-refractivity contribution < 1.29 is 4.74 Å². The van der Waals surface area contributed by atoms with E-state index in [0.717, 1.165) is 28.0 Å². The molecule has 1 heteroatoms. The second kappa shape index (κ2) is 7.61. The van der Waals surface area contributed by atoms with Crippen LogP contribution in [0.3, 0.4) is 0 Å². The van der Waals surface area contributed by atoms with Crippen molar-refractivity contribution in [3.05, 3.63) is 41.0 Å². The third-order valence-electron chi connectivity index (χ3n) is 2.75. The molecular formula is C17H24O. The monoisotopic (exact) mass is 244 g/mol. The maximum absolute atomic E-state index is 5.55. The van der Waals surface area contributed by atoms with E-state index in [1.54, 1.807) is 7.11 Å². The highest BCUT2D eigenvalue weighted by atomic mass is 16.5. The smallest absolute Gasteiger partial charge is 0.122 e. The van der Waals surface area contributed by atoms with E-state index in [0.29, 0.717) is 0 Å². The van der Waals surface area contributed by atoms with E-state index in [1.165, 1.54) is 0 Å². The first kappa shape index (κ1) is 16.3. The van der Waals surface area contributed by atoms with Gasteiger partial charge in [-0.25, -0.2) is 0 Å². The Morgan fingerprint density at radius 3 is 2.22 bits per heavy atom. The Hall–Kier alpha value is -1.68. The lowest BCUT2D eigenvalue weighted by molar-refractivity contribution is 0.411. The molecule has 1 aromatic rings. The van der Waals surface area contributed by atoms with Crippen LogP contribution in [-0.2, 0) is 0 Å². The van der Waals surface area contributed by atoms with Gasteiger partial charge in [0.25, 0.3) is 0 Å². The van der Waals surface area contributed by atoms with Gasteiger partial charge >= 0.3 is 0 Å². The number of rotatable bonds is 3. The first-order valence-electron chi connectivity index (χ1n) is 6.28. The SMILES string of the molecule is C#CC(C(=C)C)c1cc(C)c(OC)cc1C.CC. The first-order chi connectivity index (χ1) is 8.51. The van der Waals surface area contributed by atoms with Crippen LogP contribution in [0.2, 0.25) is 0 Å². The van der Waals surface area contributed by atoms with E-state index in [4.69, 9.17) is 11.2 Å². The number of hydrogen-bond donors (Lipinski definition) is 0. The second-order valence-electron chi connectivity index (χ2n) is 4.12. The topological polar surface area (TPSA) is 9.23 Å². The summed E-state index contributed by atoms with van der Waals surface area (Å²) in [6.07, 6.45) is 5.55. The largest absolute Gasteiger partial charge is 0.496 e. The summed E-state index contributed by atoms with van der Waals surface area (Å²) in [7, 11) is 1.68. The predicted molar refractivity (Wildman–Crippen MR) is 80.2 cm³/mol. The molecule has 0 fully saturated rings. The van der Waals surface area contributed by atoms with Crippen LogP contribution in [0.25, 0.3) is 0 Å². The third kappa shape index (κ3) is 3.67. The Morgan fingerprint density at radius 2 is 1.83 bits per heavy atom. The van der Waals surface area contributed by atoms with Crippen molar-refractivity contribution >= 4 is 0 Å². The van der Waals surface area contributed by atoms with E-state index in [1.807, 2.05) is 40.7 Å². The van der Waals surface area contributed by atoms with Gasteiger partial charge in [-0.1, -0.05) is 38.0 Å². The highest BCUT2D eigenvalue weighted by Crippen LogP contribution is 2.30. The quantitative estimate of drug-likeness (QED) is 0.556. The van der Waals surface area contributed by atoms with E-state index >= 15 is 0 Å². The number of hydrogen-bond acceptors (Lipinski definition) is 1. The molecule has 18 heavy (non-hydrogen) atoms. The van der Waals surface area contributed by atoms with Gasteiger partial charge in [-0.05, 0) is 43.5 Å². The third-order valence-corrected chi connectivity index (χ3v) is 2.75. The van der Waals surface area contributed by atoms with Gasteiger partial charge < -0.3 is 4.74 Å². The number of ether oxygens (including phenoxy) is 1. The minimum absolute atomic E-state index is 0.00962. The highest BCUT2D eigenvalue weighted by Gasteiger charge is 2.13. The summed E-state index contributed by atoms with van der Waals surface area (Å²) < 4.78 is 5.28. The number of methoxy groups -OCH3 is 1. The van der Waals surface area contributed by atoms with Crippen LogP contribution in [0, 0.1) is 26.2 Å². The van der Waals surface area contributed by atoms with Crippen molar-refractivity contribution in [2.45, 2.75) is 40.5 Å². The van der Waals surface area contributed by atoms with E-state index < -0.39 is 0 Å². The predicted octanol–water partition coefficient (Wildman–Crippen LogP) is 4.63. The van der Waals surface area contributed by atoms with E-state index in [2.05, 4.69) is 18.6 Å². The second-order valence-corrected chi connectivity index (χ2v) is 4.12. The average Bonchev–Trinajstić information content (AvgIpc) is 2.36. The van der Waals surface area contributed by atoms with E-state index in [9.17, 15) is 0 Å². The molecule has 1 atom stereocenters. The van der Waals surface area contributed by atoms with Crippen LogP contribution in [0.4, 0.5) is 0 Å². The summed E-state index contributed by atoms with van der Waals surface area (Å²) in [5.41, 5.74) is 4.39. The van der Waals surface area contributed by atoms with Crippen LogP contribution >= 0.6 is 0 Å². The highest BCUT2D eigenvalue weighted by molar-refractivity contribution is 5.47. The van der Waals surface area contributed by atoms with Crippen LogP contribution in [0.15, 0.2) is 24.3 Å². The molecule has 0 aliphatic carbocycles. The Kier molecular flexibility index (Phi) is 6.90. The summed E-state index contributed by atoms with van der Waals surface area (Å²) in [6, 6.07) is 4.12. The molecule has 98 valence electrons. The summed E-state index contributed by atoms with van der Waals surface area (Å²) in [5.74, 6) is 3.67. The fourth-order valence-corrected chi connectivity index (χ4v) is 1.84. The molecule has 0 bridgehead atoms. The number of aryl methyl sites for hydroxylation is 2. The molecule has 1 rings (SSSR count). The molecule has 0 radical (unpaired) electrons. The Bertz CT molecular complexity index is 449. The lowest BCUT2D eigenvalue weighted by Crippen LogP contribution is -2.01. The fraction of sp³-hybridized carbons (Fsp3) is 0.412. The molecule has 0 aliphatic heterocycles. The Labute approximate surface area is 112 Å². The molecule has 0 saturated carbocycles. The molecule has 0 aromatic heterocycles. The zero-order valence-corrected chi connectivity index (χ0v) is 12.4. The molecule has 0 aliphatic rings. The maximum Gasteiger partial charge on any atom is 0.122 e.